The molecule has 0 saturated carbocycles. The Bertz CT molecular complexity index is 310. The van der Waals surface area contributed by atoms with Gasteiger partial charge in [0.15, 0.2) is 5.78 Å². The second-order valence-electron chi connectivity index (χ2n) is 3.18. The molecule has 1 unspecified atom stereocenters. The minimum absolute atomic E-state index is 0.0538. The van der Waals surface area contributed by atoms with E-state index in [9.17, 15) is 10.0 Å². The average Bonchev–Trinajstić information content (AvgIpc) is 2.17. The highest BCUT2D eigenvalue weighted by atomic mass is 16.5. The van der Waals surface area contributed by atoms with Gasteiger partial charge in [0.1, 0.15) is 0 Å². The van der Waals surface area contributed by atoms with Crippen molar-refractivity contribution < 1.29 is 4.79 Å². The summed E-state index contributed by atoms with van der Waals surface area (Å²) in [5.41, 5.74) is 0.632. The molecule has 2 rings (SSSR count). The quantitative estimate of drug-likeness (QED) is 0.640. The van der Waals surface area contributed by atoms with Gasteiger partial charge in [0.2, 0.25) is 0 Å². The van der Waals surface area contributed by atoms with Crippen LogP contribution in [0.3, 0.4) is 0 Å². The summed E-state index contributed by atoms with van der Waals surface area (Å²) < 4.78 is 0. The van der Waals surface area contributed by atoms with E-state index in [1.807, 2.05) is 6.07 Å². The Balaban J connectivity index is 2.14. The maximum absolute atomic E-state index is 11.6. The Kier molecular flexibility index (Phi) is 2.12. The molecule has 0 amide bonds. The minimum Gasteiger partial charge on any atom is -0.785 e. The van der Waals surface area contributed by atoms with Crippen LogP contribution in [0.2, 0.25) is 0 Å². The third-order valence-corrected chi connectivity index (χ3v) is 2.33. The Morgan fingerprint density at radius 1 is 1.38 bits per heavy atom. The number of hydrogen-bond donors (Lipinski definition) is 0. The number of hydrogen-bond acceptors (Lipinski definition) is 3. The molecule has 1 fully saturated rings. The van der Waals surface area contributed by atoms with E-state index in [-0.39, 0.29) is 5.78 Å². The van der Waals surface area contributed by atoms with Crippen molar-refractivity contribution >= 4 is 5.78 Å². The average molecular weight is 176 g/mol. The van der Waals surface area contributed by atoms with Gasteiger partial charge in [-0.3, -0.25) is 4.79 Å². The van der Waals surface area contributed by atoms with Gasteiger partial charge in [-0.15, -0.1) is 0 Å². The van der Waals surface area contributed by atoms with Crippen molar-refractivity contribution in [1.82, 2.24) is 5.06 Å². The summed E-state index contributed by atoms with van der Waals surface area (Å²) in [4.78, 5) is 11.6. The van der Waals surface area contributed by atoms with E-state index in [2.05, 4.69) is 0 Å². The molecule has 0 aliphatic carbocycles. The van der Waals surface area contributed by atoms with E-state index in [4.69, 9.17) is 0 Å². The van der Waals surface area contributed by atoms with E-state index in [0.29, 0.717) is 18.5 Å². The summed E-state index contributed by atoms with van der Waals surface area (Å²) >= 11 is 0. The smallest absolute Gasteiger partial charge is 0.179 e. The van der Waals surface area contributed by atoms with Crippen molar-refractivity contribution in [2.75, 3.05) is 6.54 Å². The molecule has 3 heteroatoms. The first-order valence-electron chi connectivity index (χ1n) is 4.32. The SMILES string of the molecule is O=C(c1ccccc1)C1CCN1[O-]. The van der Waals surface area contributed by atoms with E-state index in [0.717, 1.165) is 5.06 Å². The molecule has 0 aromatic heterocycles. The predicted octanol–water partition coefficient (Wildman–Crippen LogP) is 1.44. The van der Waals surface area contributed by atoms with Crippen LogP contribution in [0.1, 0.15) is 16.8 Å². The fraction of sp³-hybridized carbons (Fsp3) is 0.300. The lowest BCUT2D eigenvalue weighted by molar-refractivity contribution is 0.0731. The summed E-state index contributed by atoms with van der Waals surface area (Å²) in [6.45, 7) is 0.489. The molecule has 1 heterocycles. The van der Waals surface area contributed by atoms with Gasteiger partial charge >= 0.3 is 0 Å². The van der Waals surface area contributed by atoms with Crippen LogP contribution in [0.4, 0.5) is 0 Å². The molecule has 1 aromatic carbocycles. The summed E-state index contributed by atoms with van der Waals surface area (Å²) in [6.07, 6.45) is 0.692. The van der Waals surface area contributed by atoms with Crippen molar-refractivity contribution in [1.29, 1.82) is 0 Å². The molecule has 0 N–H and O–H groups in total. The number of nitrogens with zero attached hydrogens (tertiary/aromatic N) is 1. The number of rotatable bonds is 2. The van der Waals surface area contributed by atoms with Crippen LogP contribution in [0, 0.1) is 5.21 Å². The van der Waals surface area contributed by atoms with Crippen LogP contribution >= 0.6 is 0 Å². The Morgan fingerprint density at radius 3 is 2.54 bits per heavy atom. The number of ketones is 1. The van der Waals surface area contributed by atoms with Crippen molar-refractivity contribution in [3.05, 3.63) is 41.1 Å². The van der Waals surface area contributed by atoms with Crippen LogP contribution < -0.4 is 0 Å². The van der Waals surface area contributed by atoms with Crippen LogP contribution in [0.15, 0.2) is 30.3 Å². The molecule has 0 bridgehead atoms. The van der Waals surface area contributed by atoms with E-state index in [1.165, 1.54) is 0 Å². The lowest BCUT2D eigenvalue weighted by atomic mass is 9.96. The largest absolute Gasteiger partial charge is 0.785 e. The highest BCUT2D eigenvalue weighted by Crippen LogP contribution is 2.19. The first-order chi connectivity index (χ1) is 6.29. The van der Waals surface area contributed by atoms with Crippen LogP contribution in [-0.4, -0.2) is 23.4 Å². The summed E-state index contributed by atoms with van der Waals surface area (Å²) in [6, 6.07) is 8.53. The fourth-order valence-corrected chi connectivity index (χ4v) is 1.42. The van der Waals surface area contributed by atoms with Crippen LogP contribution in [-0.2, 0) is 0 Å². The van der Waals surface area contributed by atoms with E-state index < -0.39 is 6.04 Å². The molecule has 3 nitrogen and oxygen atoms in total. The lowest BCUT2D eigenvalue weighted by Gasteiger charge is -2.45. The standard InChI is InChI=1S/C10H10NO2/c12-10(9-6-7-11(9)13)8-4-2-1-3-5-8/h1-5,9H,6-7H2/q-1. The second kappa shape index (κ2) is 3.28. The maximum atomic E-state index is 11.6. The number of carbonyl (C=O) groups excluding carboxylic acids is 1. The highest BCUT2D eigenvalue weighted by molar-refractivity contribution is 6.00. The van der Waals surface area contributed by atoms with E-state index >= 15 is 0 Å². The van der Waals surface area contributed by atoms with Crippen LogP contribution in [0.5, 0.6) is 0 Å². The van der Waals surface area contributed by atoms with Crippen molar-refractivity contribution in [2.24, 2.45) is 0 Å². The van der Waals surface area contributed by atoms with Gasteiger partial charge in [0.05, 0.1) is 6.04 Å². The number of Topliss-reactive ketones (excluding diaryl/α,β-unsaturated/α-hetero) is 1. The zero-order valence-corrected chi connectivity index (χ0v) is 7.14. The summed E-state index contributed by atoms with van der Waals surface area (Å²) in [7, 11) is 0. The molecule has 13 heavy (non-hydrogen) atoms. The second-order valence-corrected chi connectivity index (χ2v) is 3.18. The van der Waals surface area contributed by atoms with Crippen molar-refractivity contribution in [3.8, 4) is 0 Å². The topological polar surface area (TPSA) is 43.4 Å². The maximum Gasteiger partial charge on any atom is 0.179 e. The van der Waals surface area contributed by atoms with Crippen molar-refractivity contribution in [3.63, 3.8) is 0 Å². The predicted molar refractivity (Wildman–Crippen MR) is 49.3 cm³/mol. The molecule has 0 spiro atoms. The molecule has 1 atom stereocenters. The van der Waals surface area contributed by atoms with E-state index in [1.54, 1.807) is 24.3 Å². The third-order valence-electron chi connectivity index (χ3n) is 2.33. The zero-order valence-electron chi connectivity index (χ0n) is 7.14. The minimum atomic E-state index is -0.428. The Labute approximate surface area is 76.6 Å². The molecule has 0 radical (unpaired) electrons. The first kappa shape index (κ1) is 8.41. The summed E-state index contributed by atoms with van der Waals surface area (Å²) in [5.74, 6) is -0.0538. The van der Waals surface area contributed by atoms with Gasteiger partial charge in [-0.1, -0.05) is 30.3 Å². The third kappa shape index (κ3) is 1.48. The Hall–Kier alpha value is -1.19. The molecular weight excluding hydrogens is 166 g/mol. The van der Waals surface area contributed by atoms with Gasteiger partial charge in [-0.25, -0.2) is 0 Å². The first-order valence-corrected chi connectivity index (χ1v) is 4.32. The van der Waals surface area contributed by atoms with Gasteiger partial charge < -0.3 is 10.3 Å². The number of benzene rings is 1. The van der Waals surface area contributed by atoms with Gasteiger partial charge in [-0.2, -0.15) is 0 Å². The number of hydroxylamine groups is 2. The molecule has 1 aromatic rings. The lowest BCUT2D eigenvalue weighted by Crippen LogP contribution is -2.48. The van der Waals surface area contributed by atoms with Crippen molar-refractivity contribution in [2.45, 2.75) is 12.5 Å². The molecular formula is C10H10NO2-. The Morgan fingerprint density at radius 2 is 2.08 bits per heavy atom. The van der Waals surface area contributed by atoms with Gasteiger partial charge in [0, 0.05) is 5.56 Å². The zero-order chi connectivity index (χ0) is 9.26. The fourth-order valence-electron chi connectivity index (χ4n) is 1.42. The summed E-state index contributed by atoms with van der Waals surface area (Å²) in [5, 5.41) is 11.8. The highest BCUT2D eigenvalue weighted by Gasteiger charge is 2.27. The molecule has 1 aliphatic heterocycles. The van der Waals surface area contributed by atoms with Crippen LogP contribution in [0.25, 0.3) is 0 Å². The molecule has 1 saturated heterocycles. The monoisotopic (exact) mass is 176 g/mol. The van der Waals surface area contributed by atoms with Gasteiger partial charge in [-0.05, 0) is 13.0 Å². The van der Waals surface area contributed by atoms with Gasteiger partial charge in [0.25, 0.3) is 0 Å². The molecule has 1 aliphatic rings. The molecule has 68 valence electrons. The number of carbonyl (C=O) groups is 1. The normalized spacial score (nSPS) is 22.4.